The highest BCUT2D eigenvalue weighted by Gasteiger charge is 2.29. The molecule has 108 valence electrons. The summed E-state index contributed by atoms with van der Waals surface area (Å²) in [5.41, 5.74) is 0.226. The second-order valence-corrected chi connectivity index (χ2v) is 4.65. The number of carboxylic acid groups (broad SMARTS) is 1. The van der Waals surface area contributed by atoms with Gasteiger partial charge in [-0.15, -0.1) is 0 Å². The van der Waals surface area contributed by atoms with Gasteiger partial charge in [-0.25, -0.2) is 9.37 Å². The van der Waals surface area contributed by atoms with E-state index in [0.29, 0.717) is 31.9 Å². The Kier molecular flexibility index (Phi) is 4.22. The second-order valence-electron chi connectivity index (χ2n) is 4.65. The fourth-order valence-corrected chi connectivity index (χ4v) is 2.22. The minimum atomic E-state index is -0.825. The van der Waals surface area contributed by atoms with Crippen LogP contribution in [-0.4, -0.2) is 35.8 Å². The van der Waals surface area contributed by atoms with Crippen molar-refractivity contribution in [2.45, 2.75) is 13.3 Å². The zero-order chi connectivity index (χ0) is 14.7. The molecule has 0 aromatic carbocycles. The quantitative estimate of drug-likeness (QED) is 0.837. The normalized spacial score (nSPS) is 18.1. The van der Waals surface area contributed by atoms with Crippen LogP contribution in [0.1, 0.15) is 18.9 Å². The molecule has 1 aliphatic heterocycles. The van der Waals surface area contributed by atoms with Crippen molar-refractivity contribution in [2.75, 3.05) is 24.6 Å². The molecule has 1 aliphatic rings. The van der Waals surface area contributed by atoms with Crippen molar-refractivity contribution in [2.24, 2.45) is 5.92 Å². The van der Waals surface area contributed by atoms with Crippen LogP contribution in [0.2, 0.25) is 0 Å². The molecule has 2 heterocycles. The van der Waals surface area contributed by atoms with E-state index in [4.69, 9.17) is 9.84 Å². The summed E-state index contributed by atoms with van der Waals surface area (Å²) in [6, 6.07) is 1.30. The number of carbonyl (C=O) groups is 1. The maximum Gasteiger partial charge on any atom is 0.308 e. The maximum atomic E-state index is 14.0. The molecule has 0 amide bonds. The highest BCUT2D eigenvalue weighted by atomic mass is 19.1. The summed E-state index contributed by atoms with van der Waals surface area (Å²) in [7, 11) is 0. The number of carboxylic acids is 1. The summed E-state index contributed by atoms with van der Waals surface area (Å²) in [4.78, 5) is 16.9. The number of hydrogen-bond acceptors (Lipinski definition) is 4. The average Bonchev–Trinajstić information content (AvgIpc) is 2.88. The van der Waals surface area contributed by atoms with Crippen molar-refractivity contribution in [1.29, 1.82) is 0 Å². The van der Waals surface area contributed by atoms with E-state index in [1.807, 2.05) is 0 Å². The summed E-state index contributed by atoms with van der Waals surface area (Å²) < 4.78 is 19.2. The van der Waals surface area contributed by atoms with E-state index >= 15 is 0 Å². The van der Waals surface area contributed by atoms with Gasteiger partial charge in [0.25, 0.3) is 0 Å². The summed E-state index contributed by atoms with van der Waals surface area (Å²) in [6.45, 7) is 6.77. The number of rotatable bonds is 5. The molecule has 1 saturated heterocycles. The Hall–Kier alpha value is -2.11. The van der Waals surface area contributed by atoms with Gasteiger partial charge < -0.3 is 14.7 Å². The molecule has 1 aromatic rings. The van der Waals surface area contributed by atoms with Crippen LogP contribution in [0.5, 0.6) is 0 Å². The van der Waals surface area contributed by atoms with Crippen molar-refractivity contribution in [3.8, 4) is 0 Å². The van der Waals surface area contributed by atoms with Gasteiger partial charge in [-0.2, -0.15) is 0 Å². The van der Waals surface area contributed by atoms with Crippen LogP contribution < -0.4 is 4.90 Å². The van der Waals surface area contributed by atoms with Crippen LogP contribution in [0, 0.1) is 11.7 Å². The Morgan fingerprint density at radius 1 is 1.70 bits per heavy atom. The van der Waals surface area contributed by atoms with E-state index in [0.717, 1.165) is 0 Å². The lowest BCUT2D eigenvalue weighted by Crippen LogP contribution is -2.23. The highest BCUT2D eigenvalue weighted by molar-refractivity contribution is 5.72. The van der Waals surface area contributed by atoms with Crippen molar-refractivity contribution >= 4 is 17.5 Å². The van der Waals surface area contributed by atoms with E-state index in [1.165, 1.54) is 12.3 Å². The molecular formula is C14H17FN2O3. The second kappa shape index (κ2) is 5.90. The van der Waals surface area contributed by atoms with Gasteiger partial charge in [0.1, 0.15) is 17.4 Å². The first-order chi connectivity index (χ1) is 9.52. The summed E-state index contributed by atoms with van der Waals surface area (Å²) >= 11 is 0. The van der Waals surface area contributed by atoms with E-state index in [2.05, 4.69) is 11.6 Å². The Labute approximate surface area is 116 Å². The van der Waals surface area contributed by atoms with E-state index in [9.17, 15) is 9.18 Å². The number of hydrogen-bond donors (Lipinski definition) is 1. The average molecular weight is 280 g/mol. The van der Waals surface area contributed by atoms with Gasteiger partial charge in [-0.05, 0) is 13.3 Å². The van der Waals surface area contributed by atoms with Gasteiger partial charge in [-0.1, -0.05) is 6.58 Å². The zero-order valence-corrected chi connectivity index (χ0v) is 11.3. The molecule has 1 fully saturated rings. The topological polar surface area (TPSA) is 62.7 Å². The van der Waals surface area contributed by atoms with E-state index < -0.39 is 17.7 Å². The molecular weight excluding hydrogens is 263 g/mol. The highest BCUT2D eigenvalue weighted by Crippen LogP contribution is 2.25. The Morgan fingerprint density at radius 3 is 3.00 bits per heavy atom. The lowest BCUT2D eigenvalue weighted by molar-refractivity contribution is -0.140. The van der Waals surface area contributed by atoms with Crippen molar-refractivity contribution in [1.82, 2.24) is 4.98 Å². The summed E-state index contributed by atoms with van der Waals surface area (Å²) in [5.74, 6) is -1.02. The van der Waals surface area contributed by atoms with Crippen LogP contribution in [-0.2, 0) is 9.53 Å². The van der Waals surface area contributed by atoms with Gasteiger partial charge in [0, 0.05) is 25.4 Å². The van der Waals surface area contributed by atoms with E-state index in [-0.39, 0.29) is 11.3 Å². The molecule has 1 atom stereocenters. The van der Waals surface area contributed by atoms with E-state index in [1.54, 1.807) is 11.8 Å². The molecule has 1 N–H and O–H groups in total. The third-order valence-electron chi connectivity index (χ3n) is 3.32. The fourth-order valence-electron chi connectivity index (χ4n) is 2.22. The third-order valence-corrected chi connectivity index (χ3v) is 3.32. The van der Waals surface area contributed by atoms with Crippen molar-refractivity contribution in [3.05, 3.63) is 30.2 Å². The molecule has 0 radical (unpaired) electrons. The zero-order valence-electron chi connectivity index (χ0n) is 11.3. The van der Waals surface area contributed by atoms with Crippen molar-refractivity contribution in [3.63, 3.8) is 0 Å². The smallest absolute Gasteiger partial charge is 0.308 e. The molecule has 5 nitrogen and oxygen atoms in total. The number of aromatic nitrogens is 1. The number of ether oxygens (including phenoxy) is 1. The minimum Gasteiger partial charge on any atom is -0.494 e. The maximum absolute atomic E-state index is 14.0. The molecule has 20 heavy (non-hydrogen) atoms. The minimum absolute atomic E-state index is 0.226. The Bertz CT molecular complexity index is 533. The molecule has 0 aliphatic carbocycles. The molecule has 6 heteroatoms. The predicted molar refractivity (Wildman–Crippen MR) is 72.8 cm³/mol. The van der Waals surface area contributed by atoms with Crippen LogP contribution in [0.15, 0.2) is 18.8 Å². The molecule has 1 aromatic heterocycles. The number of halogens is 1. The van der Waals surface area contributed by atoms with Crippen LogP contribution in [0.3, 0.4) is 0 Å². The van der Waals surface area contributed by atoms with Gasteiger partial charge in [0.15, 0.2) is 0 Å². The van der Waals surface area contributed by atoms with Crippen LogP contribution in [0.4, 0.5) is 10.2 Å². The monoisotopic (exact) mass is 280 g/mol. The number of aliphatic carboxylic acids is 1. The Balaban J connectivity index is 2.14. The molecule has 0 bridgehead atoms. The Morgan fingerprint density at radius 2 is 2.45 bits per heavy atom. The van der Waals surface area contributed by atoms with Gasteiger partial charge in [0.2, 0.25) is 0 Å². The van der Waals surface area contributed by atoms with Crippen molar-refractivity contribution < 1.29 is 19.0 Å². The largest absolute Gasteiger partial charge is 0.494 e. The molecule has 1 unspecified atom stereocenters. The lowest BCUT2D eigenvalue weighted by atomic mass is 10.1. The first-order valence-electron chi connectivity index (χ1n) is 6.48. The summed E-state index contributed by atoms with van der Waals surface area (Å²) in [6.07, 6.45) is 1.92. The molecule has 0 saturated carbocycles. The predicted octanol–water partition coefficient (Wildman–Crippen LogP) is 2.14. The third kappa shape index (κ3) is 2.89. The number of nitrogens with zero attached hydrogens (tertiary/aromatic N) is 2. The SMILES string of the molecule is C=C(OCC)c1cnc(N2CCC(C(=O)O)C2)cc1F. The number of pyridine rings is 1. The first kappa shape index (κ1) is 14.3. The standard InChI is InChI=1S/C14H17FN2O3/c1-3-20-9(2)11-7-16-13(6-12(11)15)17-5-4-10(8-17)14(18)19/h6-7,10H,2-5,8H2,1H3,(H,18,19). The van der Waals surface area contributed by atoms with Crippen LogP contribution in [0.25, 0.3) is 5.76 Å². The van der Waals surface area contributed by atoms with Gasteiger partial charge >= 0.3 is 5.97 Å². The van der Waals surface area contributed by atoms with Crippen LogP contribution >= 0.6 is 0 Å². The van der Waals surface area contributed by atoms with Gasteiger partial charge in [-0.3, -0.25) is 4.79 Å². The van der Waals surface area contributed by atoms with Gasteiger partial charge in [0.05, 0.1) is 18.1 Å². The molecule has 0 spiro atoms. The fraction of sp³-hybridized carbons (Fsp3) is 0.429. The first-order valence-corrected chi connectivity index (χ1v) is 6.48. The summed E-state index contributed by atoms with van der Waals surface area (Å²) in [5, 5.41) is 8.96. The lowest BCUT2D eigenvalue weighted by Gasteiger charge is -2.17. The number of anilines is 1. The molecule has 2 rings (SSSR count).